The summed E-state index contributed by atoms with van der Waals surface area (Å²) in [6.07, 6.45) is 7.10. The molecule has 0 aliphatic heterocycles. The molecule has 2 heterocycles. The molecule has 2 aromatic heterocycles. The Bertz CT molecular complexity index is 499. The highest BCUT2D eigenvalue weighted by molar-refractivity contribution is 5.03. The van der Waals surface area contributed by atoms with Crippen molar-refractivity contribution >= 4 is 0 Å². The van der Waals surface area contributed by atoms with Crippen molar-refractivity contribution in [2.45, 2.75) is 46.3 Å². The molecule has 0 radical (unpaired) electrons. The van der Waals surface area contributed by atoms with Gasteiger partial charge in [-0.25, -0.2) is 4.98 Å². The third-order valence-corrected chi connectivity index (χ3v) is 3.29. The van der Waals surface area contributed by atoms with Crippen LogP contribution in [0.25, 0.3) is 0 Å². The second-order valence-corrected chi connectivity index (χ2v) is 4.86. The second-order valence-electron chi connectivity index (χ2n) is 4.86. The molecule has 0 saturated carbocycles. The minimum absolute atomic E-state index is 0.459. The molecule has 0 aromatic carbocycles. The zero-order chi connectivity index (χ0) is 13.7. The summed E-state index contributed by atoms with van der Waals surface area (Å²) in [5, 5.41) is 7.87. The van der Waals surface area contributed by atoms with E-state index in [-0.39, 0.29) is 0 Å². The van der Waals surface area contributed by atoms with Gasteiger partial charge in [0.2, 0.25) is 0 Å². The first-order chi connectivity index (χ1) is 9.22. The number of hydrogen-bond acceptors (Lipinski definition) is 3. The molecule has 0 saturated heterocycles. The fraction of sp³-hybridized carbons (Fsp3) is 0.571. The molecule has 2 aromatic rings. The monoisotopic (exact) mass is 261 g/mol. The maximum atomic E-state index is 4.60. The van der Waals surface area contributed by atoms with Gasteiger partial charge in [0.05, 0.1) is 24.3 Å². The van der Waals surface area contributed by atoms with Gasteiger partial charge in [0.1, 0.15) is 0 Å². The summed E-state index contributed by atoms with van der Waals surface area (Å²) in [5.74, 6) is 0. The Morgan fingerprint density at radius 2 is 2.16 bits per heavy atom. The smallest absolute Gasteiger partial charge is 0.0953 e. The third kappa shape index (κ3) is 3.67. The number of imidazole rings is 1. The minimum Gasteiger partial charge on any atom is -0.331 e. The maximum Gasteiger partial charge on any atom is 0.0953 e. The molecule has 2 rings (SSSR count). The van der Waals surface area contributed by atoms with Gasteiger partial charge in [-0.3, -0.25) is 4.68 Å². The van der Waals surface area contributed by atoms with Crippen LogP contribution in [0.4, 0.5) is 0 Å². The van der Waals surface area contributed by atoms with Crippen LogP contribution in [0.5, 0.6) is 0 Å². The normalized spacial score (nSPS) is 12.8. The number of nitrogens with one attached hydrogen (secondary N) is 1. The molecule has 0 amide bonds. The van der Waals surface area contributed by atoms with Crippen LogP contribution in [0.2, 0.25) is 0 Å². The van der Waals surface area contributed by atoms with Gasteiger partial charge in [-0.2, -0.15) is 5.10 Å². The van der Waals surface area contributed by atoms with E-state index in [1.165, 1.54) is 0 Å². The number of hydrogen-bond donors (Lipinski definition) is 1. The van der Waals surface area contributed by atoms with Crippen LogP contribution in [-0.4, -0.2) is 25.9 Å². The molecule has 1 atom stereocenters. The topological polar surface area (TPSA) is 47.7 Å². The Balaban J connectivity index is 1.96. The zero-order valence-electron chi connectivity index (χ0n) is 12.0. The molecule has 0 aliphatic carbocycles. The highest BCUT2D eigenvalue weighted by atomic mass is 15.3. The molecular formula is C14H23N5. The van der Waals surface area contributed by atoms with E-state index in [9.17, 15) is 0 Å². The Kier molecular flexibility index (Phi) is 4.74. The van der Waals surface area contributed by atoms with E-state index in [4.69, 9.17) is 0 Å². The molecule has 19 heavy (non-hydrogen) atoms. The first-order valence-corrected chi connectivity index (χ1v) is 6.98. The van der Waals surface area contributed by atoms with Gasteiger partial charge in [0, 0.05) is 25.0 Å². The average molecular weight is 261 g/mol. The largest absolute Gasteiger partial charge is 0.331 e. The Morgan fingerprint density at radius 1 is 1.32 bits per heavy atom. The van der Waals surface area contributed by atoms with Crippen LogP contribution < -0.4 is 5.32 Å². The summed E-state index contributed by atoms with van der Waals surface area (Å²) in [6.45, 7) is 9.02. The molecule has 5 nitrogen and oxygen atoms in total. The van der Waals surface area contributed by atoms with Crippen molar-refractivity contribution in [1.82, 2.24) is 24.6 Å². The fourth-order valence-electron chi connectivity index (χ4n) is 1.92. The van der Waals surface area contributed by atoms with Gasteiger partial charge in [0.25, 0.3) is 0 Å². The summed E-state index contributed by atoms with van der Waals surface area (Å²) in [5.41, 5.74) is 2.15. The highest BCUT2D eigenvalue weighted by Crippen LogP contribution is 2.10. The second kappa shape index (κ2) is 6.52. The van der Waals surface area contributed by atoms with Crippen molar-refractivity contribution in [3.63, 3.8) is 0 Å². The van der Waals surface area contributed by atoms with E-state index < -0.39 is 0 Å². The van der Waals surface area contributed by atoms with Crippen LogP contribution in [-0.2, 0) is 13.1 Å². The van der Waals surface area contributed by atoms with E-state index in [1.54, 1.807) is 0 Å². The Morgan fingerprint density at radius 3 is 2.89 bits per heavy atom. The zero-order valence-corrected chi connectivity index (χ0v) is 12.0. The molecular weight excluding hydrogens is 238 g/mol. The van der Waals surface area contributed by atoms with Gasteiger partial charge in [0.15, 0.2) is 0 Å². The van der Waals surface area contributed by atoms with E-state index >= 15 is 0 Å². The van der Waals surface area contributed by atoms with Gasteiger partial charge in [-0.05, 0) is 26.0 Å². The summed E-state index contributed by atoms with van der Waals surface area (Å²) < 4.78 is 4.11. The van der Waals surface area contributed by atoms with E-state index in [1.807, 2.05) is 11.0 Å². The van der Waals surface area contributed by atoms with Crippen LogP contribution >= 0.6 is 0 Å². The van der Waals surface area contributed by atoms with Crippen LogP contribution in [0, 0.1) is 0 Å². The Hall–Kier alpha value is -1.62. The molecule has 0 bridgehead atoms. The molecule has 5 heteroatoms. The molecule has 0 aliphatic rings. The van der Waals surface area contributed by atoms with Gasteiger partial charge in [-0.15, -0.1) is 0 Å². The predicted molar refractivity (Wildman–Crippen MR) is 75.9 cm³/mol. The van der Waals surface area contributed by atoms with Crippen LogP contribution in [0.3, 0.4) is 0 Å². The quantitative estimate of drug-likeness (QED) is 0.831. The van der Waals surface area contributed by atoms with Crippen LogP contribution in [0.15, 0.2) is 24.8 Å². The Labute approximate surface area is 114 Å². The van der Waals surface area contributed by atoms with Crippen molar-refractivity contribution < 1.29 is 0 Å². The molecule has 1 N–H and O–H groups in total. The van der Waals surface area contributed by atoms with E-state index in [2.05, 4.69) is 59.2 Å². The SMILES string of the molecule is CCNCc1cn(Cc2ccn(C(C)CC)n2)cn1. The molecule has 0 spiro atoms. The first kappa shape index (κ1) is 13.8. The molecule has 0 fully saturated rings. The lowest BCUT2D eigenvalue weighted by molar-refractivity contribution is 0.472. The lowest BCUT2D eigenvalue weighted by atomic mass is 10.3. The number of rotatable bonds is 7. The predicted octanol–water partition coefficient (Wildman–Crippen LogP) is 2.21. The van der Waals surface area contributed by atoms with Crippen molar-refractivity contribution in [2.75, 3.05) is 6.54 Å². The lowest BCUT2D eigenvalue weighted by Crippen LogP contribution is -2.11. The van der Waals surface area contributed by atoms with Crippen molar-refractivity contribution in [2.24, 2.45) is 0 Å². The van der Waals surface area contributed by atoms with Crippen molar-refractivity contribution in [3.05, 3.63) is 36.2 Å². The third-order valence-electron chi connectivity index (χ3n) is 3.29. The summed E-state index contributed by atoms with van der Waals surface area (Å²) in [7, 11) is 0. The van der Waals surface area contributed by atoms with Gasteiger partial charge < -0.3 is 9.88 Å². The first-order valence-electron chi connectivity index (χ1n) is 6.98. The maximum absolute atomic E-state index is 4.60. The van der Waals surface area contributed by atoms with Crippen molar-refractivity contribution in [1.29, 1.82) is 0 Å². The summed E-state index contributed by atoms with van der Waals surface area (Å²) in [6, 6.07) is 2.54. The van der Waals surface area contributed by atoms with E-state index in [0.717, 1.165) is 37.4 Å². The minimum atomic E-state index is 0.459. The lowest BCUT2D eigenvalue weighted by Gasteiger charge is -2.08. The van der Waals surface area contributed by atoms with Gasteiger partial charge >= 0.3 is 0 Å². The summed E-state index contributed by atoms with van der Waals surface area (Å²) in [4.78, 5) is 4.37. The van der Waals surface area contributed by atoms with E-state index in [0.29, 0.717) is 6.04 Å². The number of nitrogens with zero attached hydrogens (tertiary/aromatic N) is 4. The number of aromatic nitrogens is 4. The average Bonchev–Trinajstić information content (AvgIpc) is 3.05. The summed E-state index contributed by atoms with van der Waals surface area (Å²) >= 11 is 0. The fourth-order valence-corrected chi connectivity index (χ4v) is 1.92. The van der Waals surface area contributed by atoms with Crippen LogP contribution in [0.1, 0.15) is 44.6 Å². The van der Waals surface area contributed by atoms with Crippen molar-refractivity contribution in [3.8, 4) is 0 Å². The molecule has 104 valence electrons. The highest BCUT2D eigenvalue weighted by Gasteiger charge is 2.05. The molecule has 1 unspecified atom stereocenters. The standard InChI is InChI=1S/C14H23N5/c1-4-12(3)19-7-6-13(17-19)9-18-10-14(16-11-18)8-15-5-2/h6-7,10-12,15H,4-5,8-9H2,1-3H3. The van der Waals surface area contributed by atoms with Gasteiger partial charge in [-0.1, -0.05) is 13.8 Å².